The fourth-order valence-electron chi connectivity index (χ4n) is 3.78. The van der Waals surface area contributed by atoms with Crippen molar-refractivity contribution >= 4 is 27.9 Å². The summed E-state index contributed by atoms with van der Waals surface area (Å²) in [4.78, 5) is 35.2. The first-order chi connectivity index (χ1) is 17.7. The second-order valence-corrected chi connectivity index (χ2v) is 10.6. The Labute approximate surface area is 221 Å². The number of ether oxygens (including phenoxy) is 1. The van der Waals surface area contributed by atoms with E-state index >= 15 is 0 Å². The molecule has 10 heteroatoms. The van der Waals surface area contributed by atoms with Gasteiger partial charge in [0.1, 0.15) is 4.90 Å². The van der Waals surface area contributed by atoms with Gasteiger partial charge in [0.05, 0.1) is 0 Å². The number of hydrogen-bond donors (Lipinski definition) is 3. The third kappa shape index (κ3) is 16.8. The largest absolute Gasteiger partial charge is 0.425 e. The van der Waals surface area contributed by atoms with Crippen LogP contribution in [0.3, 0.4) is 0 Å². The van der Waals surface area contributed by atoms with Crippen molar-refractivity contribution in [2.24, 2.45) is 0 Å². The molecule has 210 valence electrons. The summed E-state index contributed by atoms with van der Waals surface area (Å²) < 4.78 is 36.9. The van der Waals surface area contributed by atoms with E-state index in [2.05, 4.69) is 17.6 Å². The molecule has 0 fully saturated rings. The van der Waals surface area contributed by atoms with E-state index in [0.717, 1.165) is 38.2 Å². The number of unbranched alkanes of at least 4 members (excludes halogenated alkanes) is 9. The molecule has 0 unspecified atom stereocenters. The number of benzene rings is 1. The molecule has 1 aromatic carbocycles. The van der Waals surface area contributed by atoms with Crippen LogP contribution in [0.15, 0.2) is 29.2 Å². The van der Waals surface area contributed by atoms with Gasteiger partial charge in [-0.1, -0.05) is 64.0 Å². The van der Waals surface area contributed by atoms with Crippen molar-refractivity contribution in [3.8, 4) is 5.75 Å². The van der Waals surface area contributed by atoms with Crippen molar-refractivity contribution in [1.82, 2.24) is 10.6 Å². The van der Waals surface area contributed by atoms with Gasteiger partial charge in [0, 0.05) is 32.4 Å². The molecule has 0 aliphatic rings. The lowest BCUT2D eigenvalue weighted by atomic mass is 10.1. The first-order valence-electron chi connectivity index (χ1n) is 13.5. The molecule has 0 saturated carbocycles. The monoisotopic (exact) mass is 540 g/mol. The highest BCUT2D eigenvalue weighted by molar-refractivity contribution is 7.86. The molecule has 0 atom stereocenters. The van der Waals surface area contributed by atoms with Crippen LogP contribution in [0.1, 0.15) is 103 Å². The Morgan fingerprint density at radius 3 is 1.78 bits per heavy atom. The van der Waals surface area contributed by atoms with Crippen LogP contribution in [0.4, 0.5) is 0 Å². The Morgan fingerprint density at radius 1 is 0.730 bits per heavy atom. The SMILES string of the molecule is CCCCCCCCC(=O)NCCCCCC(=O)NCCCCCC(=O)Oc1ccccc1S(=O)(=O)O. The zero-order valence-corrected chi connectivity index (χ0v) is 23.0. The lowest BCUT2D eigenvalue weighted by Gasteiger charge is -2.08. The van der Waals surface area contributed by atoms with Crippen LogP contribution >= 0.6 is 0 Å². The molecule has 37 heavy (non-hydrogen) atoms. The number of carbonyl (C=O) groups is 3. The molecule has 0 radical (unpaired) electrons. The summed E-state index contributed by atoms with van der Waals surface area (Å²) in [6.07, 6.45) is 12.6. The Bertz CT molecular complexity index is 919. The van der Waals surface area contributed by atoms with Gasteiger partial charge >= 0.3 is 5.97 Å². The number of amides is 2. The first-order valence-corrected chi connectivity index (χ1v) is 15.0. The van der Waals surface area contributed by atoms with Crippen LogP contribution in [0, 0.1) is 0 Å². The second kappa shape index (κ2) is 19.6. The number of para-hydroxylation sites is 1. The maximum atomic E-state index is 12.0. The highest BCUT2D eigenvalue weighted by Gasteiger charge is 2.18. The van der Waals surface area contributed by atoms with Crippen molar-refractivity contribution in [1.29, 1.82) is 0 Å². The molecular formula is C27H44N2O7S. The quantitative estimate of drug-likeness (QED) is 0.0868. The lowest BCUT2D eigenvalue weighted by Crippen LogP contribution is -2.25. The molecule has 0 aromatic heterocycles. The van der Waals surface area contributed by atoms with Crippen LogP contribution in [-0.4, -0.2) is 43.8 Å². The molecule has 0 heterocycles. The molecule has 0 saturated heterocycles. The van der Waals surface area contributed by atoms with Gasteiger partial charge < -0.3 is 15.4 Å². The average Bonchev–Trinajstić information content (AvgIpc) is 2.85. The van der Waals surface area contributed by atoms with E-state index in [1.165, 1.54) is 43.9 Å². The van der Waals surface area contributed by atoms with Gasteiger partial charge in [0.15, 0.2) is 5.75 Å². The zero-order chi connectivity index (χ0) is 27.4. The van der Waals surface area contributed by atoms with Crippen molar-refractivity contribution in [3.05, 3.63) is 24.3 Å². The molecule has 0 bridgehead atoms. The Balaban J connectivity index is 1.99. The standard InChI is InChI=1S/C27H44N2O7S/c1-2-3-4-5-6-9-18-25(30)28-21-14-7-10-19-26(31)29-22-15-8-11-20-27(32)36-23-16-12-13-17-24(23)37(33,34)35/h12-13,16-17H,2-11,14-15,18-22H2,1H3,(H,28,30)(H,29,31)(H,33,34,35). The molecule has 0 aliphatic carbocycles. The van der Waals surface area contributed by atoms with Crippen molar-refractivity contribution in [2.75, 3.05) is 13.1 Å². The predicted octanol–water partition coefficient (Wildman–Crippen LogP) is 4.94. The van der Waals surface area contributed by atoms with Crippen molar-refractivity contribution < 1.29 is 32.1 Å². The van der Waals surface area contributed by atoms with Gasteiger partial charge in [-0.25, -0.2) is 0 Å². The number of nitrogens with one attached hydrogen (secondary N) is 2. The highest BCUT2D eigenvalue weighted by atomic mass is 32.2. The van der Waals surface area contributed by atoms with E-state index in [4.69, 9.17) is 4.74 Å². The van der Waals surface area contributed by atoms with Crippen LogP contribution in [0.5, 0.6) is 5.75 Å². The minimum Gasteiger partial charge on any atom is -0.425 e. The zero-order valence-electron chi connectivity index (χ0n) is 22.1. The first kappa shape index (κ1) is 32.6. The summed E-state index contributed by atoms with van der Waals surface area (Å²) in [5.41, 5.74) is 0. The predicted molar refractivity (Wildman–Crippen MR) is 143 cm³/mol. The number of esters is 1. The van der Waals surface area contributed by atoms with Gasteiger partial charge in [-0.15, -0.1) is 0 Å². The van der Waals surface area contributed by atoms with E-state index in [0.29, 0.717) is 45.2 Å². The minimum absolute atomic E-state index is 0.00617. The summed E-state index contributed by atoms with van der Waals surface area (Å²) in [6, 6.07) is 5.41. The normalized spacial score (nSPS) is 11.2. The Hall–Kier alpha value is -2.46. The van der Waals surface area contributed by atoms with Crippen molar-refractivity contribution in [2.45, 2.75) is 108 Å². The van der Waals surface area contributed by atoms with Gasteiger partial charge in [-0.05, 0) is 44.2 Å². The van der Waals surface area contributed by atoms with E-state index in [1.807, 2.05) is 0 Å². The van der Waals surface area contributed by atoms with Crippen LogP contribution in [0.2, 0.25) is 0 Å². The highest BCUT2D eigenvalue weighted by Crippen LogP contribution is 2.23. The molecular weight excluding hydrogens is 496 g/mol. The third-order valence-electron chi connectivity index (χ3n) is 5.89. The molecule has 3 N–H and O–H groups in total. The topological polar surface area (TPSA) is 139 Å². The molecule has 1 rings (SSSR count). The molecule has 0 aliphatic heterocycles. The third-order valence-corrected chi connectivity index (χ3v) is 6.78. The number of rotatable bonds is 21. The van der Waals surface area contributed by atoms with E-state index < -0.39 is 21.0 Å². The molecule has 9 nitrogen and oxygen atoms in total. The van der Waals surface area contributed by atoms with Gasteiger partial charge in [0.2, 0.25) is 11.8 Å². The summed E-state index contributed by atoms with van der Waals surface area (Å²) in [7, 11) is -4.48. The molecule has 0 spiro atoms. The van der Waals surface area contributed by atoms with E-state index in [9.17, 15) is 27.4 Å². The average molecular weight is 541 g/mol. The maximum Gasteiger partial charge on any atom is 0.311 e. The summed E-state index contributed by atoms with van der Waals surface area (Å²) in [5.74, 6) is -0.672. The minimum atomic E-state index is -4.48. The van der Waals surface area contributed by atoms with Gasteiger partial charge in [-0.2, -0.15) is 8.42 Å². The van der Waals surface area contributed by atoms with Crippen LogP contribution in [-0.2, 0) is 24.5 Å². The second-order valence-electron chi connectivity index (χ2n) is 9.23. The van der Waals surface area contributed by atoms with Crippen LogP contribution in [0.25, 0.3) is 0 Å². The van der Waals surface area contributed by atoms with Gasteiger partial charge in [0.25, 0.3) is 10.1 Å². The van der Waals surface area contributed by atoms with E-state index in [-0.39, 0.29) is 24.0 Å². The fourth-order valence-corrected chi connectivity index (χ4v) is 4.39. The molecule has 2 amide bonds. The number of hydrogen-bond acceptors (Lipinski definition) is 6. The van der Waals surface area contributed by atoms with E-state index in [1.54, 1.807) is 0 Å². The summed E-state index contributed by atoms with van der Waals surface area (Å²) in [5, 5.41) is 5.81. The number of carbonyl (C=O) groups excluding carboxylic acids is 3. The smallest absolute Gasteiger partial charge is 0.311 e. The summed E-state index contributed by atoms with van der Waals surface area (Å²) >= 11 is 0. The Morgan fingerprint density at radius 2 is 1.22 bits per heavy atom. The van der Waals surface area contributed by atoms with Crippen molar-refractivity contribution in [3.63, 3.8) is 0 Å². The lowest BCUT2D eigenvalue weighted by molar-refractivity contribution is -0.134. The fraction of sp³-hybridized carbons (Fsp3) is 0.667. The maximum absolute atomic E-state index is 12.0. The van der Waals surface area contributed by atoms with Gasteiger partial charge in [-0.3, -0.25) is 18.9 Å². The Kier molecular flexibility index (Phi) is 17.3. The molecule has 1 aromatic rings. The van der Waals surface area contributed by atoms with Crippen LogP contribution < -0.4 is 15.4 Å². The summed E-state index contributed by atoms with van der Waals surface area (Å²) in [6.45, 7) is 3.37.